The van der Waals surface area contributed by atoms with E-state index in [9.17, 15) is 14.4 Å². The number of anilines is 1. The third-order valence-corrected chi connectivity index (χ3v) is 5.15. The summed E-state index contributed by atoms with van der Waals surface area (Å²) >= 11 is 3.34. The van der Waals surface area contributed by atoms with Crippen LogP contribution in [0.2, 0.25) is 0 Å². The topological polar surface area (TPSA) is 66.5 Å². The number of benzene rings is 1. The molecule has 0 aromatic heterocycles. The van der Waals surface area contributed by atoms with Gasteiger partial charge in [-0.3, -0.25) is 19.3 Å². The second-order valence-corrected chi connectivity index (χ2v) is 7.05. The zero-order valence-electron chi connectivity index (χ0n) is 12.8. The van der Waals surface area contributed by atoms with Crippen molar-refractivity contribution in [2.45, 2.75) is 32.1 Å². The van der Waals surface area contributed by atoms with Crippen molar-refractivity contribution >= 4 is 39.3 Å². The number of halogens is 1. The number of carbonyl (C=O) groups excluding carboxylic acids is 3. The molecule has 6 heteroatoms. The van der Waals surface area contributed by atoms with E-state index in [2.05, 4.69) is 21.2 Å². The molecule has 3 amide bonds. The zero-order chi connectivity index (χ0) is 16.4. The molecule has 1 aromatic carbocycles. The van der Waals surface area contributed by atoms with Gasteiger partial charge in [0.05, 0.1) is 11.8 Å². The summed E-state index contributed by atoms with van der Waals surface area (Å²) in [6.45, 7) is 0.174. The van der Waals surface area contributed by atoms with Crippen LogP contribution in [0.25, 0.3) is 0 Å². The third-order valence-electron chi connectivity index (χ3n) is 4.62. The molecule has 1 aromatic rings. The molecule has 0 radical (unpaired) electrons. The summed E-state index contributed by atoms with van der Waals surface area (Å²) in [5, 5.41) is 2.78. The van der Waals surface area contributed by atoms with Crippen molar-refractivity contribution in [2.24, 2.45) is 11.8 Å². The number of amides is 3. The molecule has 1 aliphatic carbocycles. The lowest BCUT2D eigenvalue weighted by atomic mass is 9.81. The van der Waals surface area contributed by atoms with Crippen LogP contribution in [0.15, 0.2) is 28.7 Å². The van der Waals surface area contributed by atoms with Crippen LogP contribution in [0.1, 0.15) is 32.1 Å². The Hall–Kier alpha value is -1.69. The van der Waals surface area contributed by atoms with Crippen LogP contribution in [-0.2, 0) is 14.4 Å². The Balaban J connectivity index is 1.55. The van der Waals surface area contributed by atoms with E-state index in [0.717, 1.165) is 30.2 Å². The van der Waals surface area contributed by atoms with Crippen molar-refractivity contribution < 1.29 is 14.4 Å². The first-order chi connectivity index (χ1) is 11.1. The maximum absolute atomic E-state index is 12.3. The minimum atomic E-state index is -0.192. The van der Waals surface area contributed by atoms with E-state index in [1.807, 2.05) is 12.1 Å². The van der Waals surface area contributed by atoms with Crippen LogP contribution in [0.4, 0.5) is 5.69 Å². The second kappa shape index (κ2) is 6.83. The van der Waals surface area contributed by atoms with Crippen LogP contribution >= 0.6 is 15.9 Å². The Morgan fingerprint density at radius 2 is 1.65 bits per heavy atom. The van der Waals surface area contributed by atoms with Gasteiger partial charge in [0.2, 0.25) is 17.7 Å². The molecular formula is C17H19BrN2O3. The average molecular weight is 379 g/mol. The number of hydrogen-bond donors (Lipinski definition) is 1. The van der Waals surface area contributed by atoms with Crippen LogP contribution in [0.3, 0.4) is 0 Å². The third kappa shape index (κ3) is 3.47. The van der Waals surface area contributed by atoms with Crippen LogP contribution in [-0.4, -0.2) is 29.2 Å². The minimum absolute atomic E-state index is 0.0869. The van der Waals surface area contributed by atoms with Gasteiger partial charge in [0.15, 0.2) is 0 Å². The molecular weight excluding hydrogens is 360 g/mol. The van der Waals surface area contributed by atoms with Gasteiger partial charge in [-0.2, -0.15) is 0 Å². The quantitative estimate of drug-likeness (QED) is 0.818. The summed E-state index contributed by atoms with van der Waals surface area (Å²) in [4.78, 5) is 38.0. The lowest BCUT2D eigenvalue weighted by molar-refractivity contribution is -0.140. The maximum Gasteiger partial charge on any atom is 0.233 e. The minimum Gasteiger partial charge on any atom is -0.326 e. The van der Waals surface area contributed by atoms with Gasteiger partial charge in [-0.25, -0.2) is 0 Å². The lowest BCUT2D eigenvalue weighted by Gasteiger charge is -2.19. The van der Waals surface area contributed by atoms with Crippen molar-refractivity contribution in [2.75, 3.05) is 11.9 Å². The lowest BCUT2D eigenvalue weighted by Crippen LogP contribution is -2.34. The molecule has 1 N–H and O–H groups in total. The number of nitrogens with zero attached hydrogens (tertiary/aromatic N) is 1. The molecule has 1 saturated heterocycles. The summed E-state index contributed by atoms with van der Waals surface area (Å²) < 4.78 is 0.936. The fourth-order valence-electron chi connectivity index (χ4n) is 3.42. The molecule has 1 aliphatic heterocycles. The SMILES string of the molecule is O=C(CCN1C(=O)[C@H]2CCCC[C@H]2C1=O)Nc1ccc(Br)cc1. The fourth-order valence-corrected chi connectivity index (χ4v) is 3.69. The first kappa shape index (κ1) is 16.2. The number of likely N-dealkylation sites (tertiary alicyclic amines) is 1. The Labute approximate surface area is 143 Å². The predicted octanol–water partition coefficient (Wildman–Crippen LogP) is 2.95. The van der Waals surface area contributed by atoms with Crippen LogP contribution in [0.5, 0.6) is 0 Å². The normalized spacial score (nSPS) is 23.8. The Morgan fingerprint density at radius 1 is 1.09 bits per heavy atom. The summed E-state index contributed by atoms with van der Waals surface area (Å²) in [5.41, 5.74) is 0.700. The molecule has 0 bridgehead atoms. The van der Waals surface area contributed by atoms with Crippen LogP contribution < -0.4 is 5.32 Å². The van der Waals surface area contributed by atoms with E-state index in [4.69, 9.17) is 0 Å². The van der Waals surface area contributed by atoms with Gasteiger partial charge >= 0.3 is 0 Å². The smallest absolute Gasteiger partial charge is 0.233 e. The summed E-state index contributed by atoms with van der Waals surface area (Å²) in [6.07, 6.45) is 3.76. The monoisotopic (exact) mass is 378 g/mol. The first-order valence-corrected chi connectivity index (χ1v) is 8.76. The number of nitrogens with one attached hydrogen (secondary N) is 1. The molecule has 2 atom stereocenters. The number of fused-ring (bicyclic) bond motifs is 1. The molecule has 1 heterocycles. The van der Waals surface area contributed by atoms with Gasteiger partial charge < -0.3 is 5.32 Å². The molecule has 5 nitrogen and oxygen atoms in total. The van der Waals surface area contributed by atoms with E-state index in [0.29, 0.717) is 5.69 Å². The largest absolute Gasteiger partial charge is 0.326 e. The van der Waals surface area contributed by atoms with E-state index in [1.165, 1.54) is 4.90 Å². The van der Waals surface area contributed by atoms with Crippen molar-refractivity contribution in [3.63, 3.8) is 0 Å². The highest BCUT2D eigenvalue weighted by molar-refractivity contribution is 9.10. The standard InChI is InChI=1S/C17H19BrN2O3/c18-11-5-7-12(8-6-11)19-15(21)9-10-20-16(22)13-3-1-2-4-14(13)17(20)23/h5-8,13-14H,1-4,9-10H2,(H,19,21)/t13-,14+. The number of carbonyl (C=O) groups is 3. The molecule has 23 heavy (non-hydrogen) atoms. The highest BCUT2D eigenvalue weighted by Gasteiger charge is 2.47. The van der Waals surface area contributed by atoms with Crippen molar-refractivity contribution in [1.82, 2.24) is 4.90 Å². The molecule has 0 spiro atoms. The Morgan fingerprint density at radius 3 is 2.22 bits per heavy atom. The van der Waals surface area contributed by atoms with Gasteiger partial charge in [0, 0.05) is 23.1 Å². The van der Waals surface area contributed by atoms with Gasteiger partial charge in [-0.05, 0) is 37.1 Å². The summed E-state index contributed by atoms with van der Waals surface area (Å²) in [5.74, 6) is -0.661. The molecule has 0 unspecified atom stereocenters. The van der Waals surface area contributed by atoms with E-state index in [1.54, 1.807) is 12.1 Å². The Kier molecular flexibility index (Phi) is 4.80. The predicted molar refractivity (Wildman–Crippen MR) is 89.6 cm³/mol. The molecule has 3 rings (SSSR count). The number of hydrogen-bond acceptors (Lipinski definition) is 3. The highest BCUT2D eigenvalue weighted by Crippen LogP contribution is 2.37. The number of rotatable bonds is 4. The van der Waals surface area contributed by atoms with Gasteiger partial charge in [0.1, 0.15) is 0 Å². The van der Waals surface area contributed by atoms with Crippen molar-refractivity contribution in [1.29, 1.82) is 0 Å². The Bertz CT molecular complexity index is 605. The average Bonchev–Trinajstić information content (AvgIpc) is 2.80. The first-order valence-electron chi connectivity index (χ1n) is 7.97. The number of imide groups is 1. The van der Waals surface area contributed by atoms with Crippen molar-refractivity contribution in [3.05, 3.63) is 28.7 Å². The van der Waals surface area contributed by atoms with Gasteiger partial charge in [-0.1, -0.05) is 28.8 Å². The summed E-state index contributed by atoms with van der Waals surface area (Å²) in [6, 6.07) is 7.27. The molecule has 1 saturated carbocycles. The van der Waals surface area contributed by atoms with E-state index < -0.39 is 0 Å². The summed E-state index contributed by atoms with van der Waals surface area (Å²) in [7, 11) is 0. The fraction of sp³-hybridized carbons (Fsp3) is 0.471. The van der Waals surface area contributed by atoms with E-state index >= 15 is 0 Å². The van der Waals surface area contributed by atoms with Crippen molar-refractivity contribution in [3.8, 4) is 0 Å². The van der Waals surface area contributed by atoms with Crippen LogP contribution in [0, 0.1) is 11.8 Å². The molecule has 2 fully saturated rings. The highest BCUT2D eigenvalue weighted by atomic mass is 79.9. The van der Waals surface area contributed by atoms with Gasteiger partial charge in [-0.15, -0.1) is 0 Å². The van der Waals surface area contributed by atoms with Gasteiger partial charge in [0.25, 0.3) is 0 Å². The molecule has 122 valence electrons. The maximum atomic E-state index is 12.3. The molecule has 2 aliphatic rings. The second-order valence-electron chi connectivity index (χ2n) is 6.13. The zero-order valence-corrected chi connectivity index (χ0v) is 14.3. The van der Waals surface area contributed by atoms with E-state index in [-0.39, 0.29) is 42.5 Å².